The predicted octanol–water partition coefficient (Wildman–Crippen LogP) is 3.15. The first-order valence-electron chi connectivity index (χ1n) is 7.64. The van der Waals surface area contributed by atoms with Crippen LogP contribution in [0.2, 0.25) is 0 Å². The third-order valence-electron chi connectivity index (χ3n) is 3.82. The minimum atomic E-state index is -0.137. The van der Waals surface area contributed by atoms with Crippen LogP contribution in [0, 0.1) is 5.92 Å². The van der Waals surface area contributed by atoms with Crippen LogP contribution in [0.15, 0.2) is 4.34 Å². The van der Waals surface area contributed by atoms with Crippen molar-refractivity contribution in [1.29, 1.82) is 0 Å². The lowest BCUT2D eigenvalue weighted by Gasteiger charge is -2.30. The van der Waals surface area contributed by atoms with Crippen LogP contribution in [0.5, 0.6) is 0 Å². The Morgan fingerprint density at radius 3 is 2.90 bits per heavy atom. The number of nitrogens with one attached hydrogen (secondary N) is 2. The van der Waals surface area contributed by atoms with Crippen LogP contribution in [0.1, 0.15) is 46.5 Å². The first-order chi connectivity index (χ1) is 10.1. The molecule has 118 valence electrons. The second-order valence-corrected chi connectivity index (χ2v) is 8.11. The number of nitrogens with zero attached hydrogens (tertiary/aromatic N) is 2. The van der Waals surface area contributed by atoms with Gasteiger partial charge in [-0.05, 0) is 32.6 Å². The Morgan fingerprint density at radius 2 is 2.19 bits per heavy atom. The van der Waals surface area contributed by atoms with E-state index in [1.807, 2.05) is 13.8 Å². The van der Waals surface area contributed by atoms with Gasteiger partial charge in [0.15, 0.2) is 4.34 Å². The Kier molecular flexibility index (Phi) is 6.29. The summed E-state index contributed by atoms with van der Waals surface area (Å²) in [5.41, 5.74) is 0. The van der Waals surface area contributed by atoms with Crippen molar-refractivity contribution in [2.24, 2.45) is 5.92 Å². The third kappa shape index (κ3) is 4.85. The van der Waals surface area contributed by atoms with Crippen LogP contribution >= 0.6 is 23.1 Å². The number of carbonyl (C=O) groups excluding carboxylic acids is 1. The summed E-state index contributed by atoms with van der Waals surface area (Å²) in [6, 6.07) is 0.334. The molecule has 2 N–H and O–H groups in total. The molecular formula is C14H24N4OS2. The van der Waals surface area contributed by atoms with Crippen LogP contribution in [0.25, 0.3) is 0 Å². The summed E-state index contributed by atoms with van der Waals surface area (Å²) in [4.78, 5) is 12.3. The van der Waals surface area contributed by atoms with Crippen LogP contribution in [-0.2, 0) is 4.79 Å². The average Bonchev–Trinajstić information content (AvgIpc) is 2.89. The zero-order valence-electron chi connectivity index (χ0n) is 12.9. The van der Waals surface area contributed by atoms with E-state index in [0.717, 1.165) is 22.4 Å². The van der Waals surface area contributed by atoms with Gasteiger partial charge in [0, 0.05) is 12.6 Å². The number of amides is 1. The summed E-state index contributed by atoms with van der Waals surface area (Å²) < 4.78 is 0.838. The quantitative estimate of drug-likeness (QED) is 0.785. The molecule has 1 aromatic rings. The maximum absolute atomic E-state index is 12.3. The van der Waals surface area contributed by atoms with E-state index in [-0.39, 0.29) is 11.2 Å². The molecule has 7 heteroatoms. The summed E-state index contributed by atoms with van der Waals surface area (Å²) in [6.07, 6.45) is 4.83. The highest BCUT2D eigenvalue weighted by atomic mass is 32.2. The van der Waals surface area contributed by atoms with Crippen LogP contribution in [0.3, 0.4) is 0 Å². The van der Waals surface area contributed by atoms with Crippen molar-refractivity contribution < 1.29 is 4.79 Å². The molecule has 5 nitrogen and oxygen atoms in total. The van der Waals surface area contributed by atoms with Gasteiger partial charge in [0.2, 0.25) is 11.0 Å². The number of thioether (sulfide) groups is 1. The van der Waals surface area contributed by atoms with E-state index < -0.39 is 0 Å². The number of anilines is 1. The Labute approximate surface area is 134 Å². The number of aromatic nitrogens is 2. The van der Waals surface area contributed by atoms with Crippen molar-refractivity contribution in [3.8, 4) is 0 Å². The average molecular weight is 329 g/mol. The molecule has 3 atom stereocenters. The zero-order chi connectivity index (χ0) is 15.2. The molecule has 0 spiro atoms. The zero-order valence-corrected chi connectivity index (χ0v) is 14.5. The fourth-order valence-corrected chi connectivity index (χ4v) is 4.49. The van der Waals surface area contributed by atoms with Gasteiger partial charge in [0.25, 0.3) is 0 Å². The summed E-state index contributed by atoms with van der Waals surface area (Å²) in [6.45, 7) is 7.02. The summed E-state index contributed by atoms with van der Waals surface area (Å²) in [5.74, 6) is 0.695. The van der Waals surface area contributed by atoms with Crippen molar-refractivity contribution in [3.63, 3.8) is 0 Å². The van der Waals surface area contributed by atoms with Gasteiger partial charge in [-0.15, -0.1) is 10.2 Å². The topological polar surface area (TPSA) is 66.9 Å². The molecule has 0 radical (unpaired) electrons. The molecule has 1 saturated carbocycles. The van der Waals surface area contributed by atoms with E-state index in [1.54, 1.807) is 0 Å². The molecule has 1 aliphatic rings. The molecule has 1 fully saturated rings. The van der Waals surface area contributed by atoms with E-state index in [4.69, 9.17) is 0 Å². The molecule has 2 rings (SSSR count). The molecule has 1 amide bonds. The molecule has 1 heterocycles. The minimum Gasteiger partial charge on any atom is -0.360 e. The summed E-state index contributed by atoms with van der Waals surface area (Å²) >= 11 is 2.98. The SMILES string of the molecule is CCNc1nnc(S[C@H](C)C(=O)N[C@H]2CCCC[C@@H]2C)s1. The third-order valence-corrected chi connectivity index (χ3v) is 5.89. The number of hydrogen-bond acceptors (Lipinski definition) is 6. The number of carbonyl (C=O) groups is 1. The van der Waals surface area contributed by atoms with Gasteiger partial charge in [-0.25, -0.2) is 0 Å². The monoisotopic (exact) mass is 328 g/mol. The van der Waals surface area contributed by atoms with Crippen LogP contribution in [0.4, 0.5) is 5.13 Å². The largest absolute Gasteiger partial charge is 0.360 e. The van der Waals surface area contributed by atoms with Crippen molar-refractivity contribution in [1.82, 2.24) is 15.5 Å². The van der Waals surface area contributed by atoms with E-state index in [2.05, 4.69) is 27.8 Å². The van der Waals surface area contributed by atoms with E-state index >= 15 is 0 Å². The standard InChI is InChI=1S/C14H24N4OS2/c1-4-15-13-17-18-14(21-13)20-10(3)12(19)16-11-8-6-5-7-9(11)2/h9-11H,4-8H2,1-3H3,(H,15,17)(H,16,19)/t9-,10+,11-/m0/s1. The van der Waals surface area contributed by atoms with Gasteiger partial charge in [0.05, 0.1) is 5.25 Å². The summed E-state index contributed by atoms with van der Waals surface area (Å²) in [7, 11) is 0. The predicted molar refractivity (Wildman–Crippen MR) is 89.0 cm³/mol. The van der Waals surface area contributed by atoms with Crippen LogP contribution < -0.4 is 10.6 Å². The molecule has 1 aliphatic carbocycles. The molecule has 1 aromatic heterocycles. The summed E-state index contributed by atoms with van der Waals surface area (Å²) in [5, 5.41) is 15.2. The first-order valence-corrected chi connectivity index (χ1v) is 9.34. The maximum atomic E-state index is 12.3. The van der Waals surface area contributed by atoms with Crippen molar-refractivity contribution in [3.05, 3.63) is 0 Å². The van der Waals surface area contributed by atoms with Gasteiger partial charge in [-0.2, -0.15) is 0 Å². The highest BCUT2D eigenvalue weighted by Crippen LogP contribution is 2.29. The Bertz CT molecular complexity index is 466. The van der Waals surface area contributed by atoms with E-state index in [0.29, 0.717) is 12.0 Å². The van der Waals surface area contributed by atoms with Crippen LogP contribution in [-0.4, -0.2) is 33.9 Å². The fraction of sp³-hybridized carbons (Fsp3) is 0.786. The lowest BCUT2D eigenvalue weighted by atomic mass is 9.86. The molecular weight excluding hydrogens is 304 g/mol. The van der Waals surface area contributed by atoms with Crippen molar-refractivity contribution in [2.75, 3.05) is 11.9 Å². The Balaban J connectivity index is 1.83. The molecule has 21 heavy (non-hydrogen) atoms. The van der Waals surface area contributed by atoms with Crippen molar-refractivity contribution >= 4 is 34.1 Å². The number of hydrogen-bond donors (Lipinski definition) is 2. The van der Waals surface area contributed by atoms with E-state index in [9.17, 15) is 4.79 Å². The number of rotatable bonds is 6. The smallest absolute Gasteiger partial charge is 0.233 e. The van der Waals surface area contributed by atoms with Crippen molar-refractivity contribution in [2.45, 2.75) is 62.1 Å². The highest BCUT2D eigenvalue weighted by Gasteiger charge is 2.25. The van der Waals surface area contributed by atoms with Gasteiger partial charge in [0.1, 0.15) is 0 Å². The highest BCUT2D eigenvalue weighted by molar-refractivity contribution is 8.02. The maximum Gasteiger partial charge on any atom is 0.233 e. The molecule has 0 bridgehead atoms. The van der Waals surface area contributed by atoms with Gasteiger partial charge in [-0.1, -0.05) is 42.9 Å². The lowest BCUT2D eigenvalue weighted by molar-refractivity contribution is -0.121. The lowest BCUT2D eigenvalue weighted by Crippen LogP contribution is -2.44. The van der Waals surface area contributed by atoms with Gasteiger partial charge in [-0.3, -0.25) is 4.79 Å². The van der Waals surface area contributed by atoms with Gasteiger partial charge >= 0.3 is 0 Å². The Hall–Kier alpha value is -0.820. The first kappa shape index (κ1) is 16.5. The Morgan fingerprint density at radius 1 is 1.43 bits per heavy atom. The second-order valence-electron chi connectivity index (χ2n) is 5.54. The molecule has 0 unspecified atom stereocenters. The van der Waals surface area contributed by atoms with E-state index in [1.165, 1.54) is 42.4 Å². The van der Waals surface area contributed by atoms with Gasteiger partial charge < -0.3 is 10.6 Å². The second kappa shape index (κ2) is 7.98. The molecule has 0 saturated heterocycles. The minimum absolute atomic E-state index is 0.110. The normalized spacial score (nSPS) is 23.6. The molecule has 0 aliphatic heterocycles. The fourth-order valence-electron chi connectivity index (χ4n) is 2.52. The molecule has 0 aromatic carbocycles.